The van der Waals surface area contributed by atoms with Crippen LogP contribution in [0, 0.1) is 12.8 Å². The van der Waals surface area contributed by atoms with Gasteiger partial charge in [-0.25, -0.2) is 0 Å². The third-order valence-electron chi connectivity index (χ3n) is 1.49. The van der Waals surface area contributed by atoms with E-state index in [0.29, 0.717) is 0 Å². The number of hydrogen-bond donors (Lipinski definition) is 0. The maximum Gasteiger partial charge on any atom is 0 e. The number of rotatable bonds is 2. The predicted molar refractivity (Wildman–Crippen MR) is 55.8 cm³/mol. The Morgan fingerprint density at radius 3 is 1.08 bits per heavy atom. The summed E-state index contributed by atoms with van der Waals surface area (Å²) in [5, 5.41) is 0. The molecule has 0 rings (SSSR count). The molecule has 0 amide bonds. The molecule has 0 bridgehead atoms. The van der Waals surface area contributed by atoms with E-state index in [2.05, 4.69) is 50.4 Å². The van der Waals surface area contributed by atoms with Gasteiger partial charge in [0.2, 0.25) is 0 Å². The Labute approximate surface area is 145 Å². The molecule has 0 atom stereocenters. The van der Waals surface area contributed by atoms with Crippen molar-refractivity contribution < 1.29 is 65.4 Å². The van der Waals surface area contributed by atoms with E-state index in [0.717, 1.165) is 0 Å². The van der Waals surface area contributed by atoms with Gasteiger partial charge in [0.1, 0.15) is 0 Å². The first-order chi connectivity index (χ1) is 5.13. The van der Waals surface area contributed by atoms with Gasteiger partial charge in [-0.1, -0.05) is 0 Å². The monoisotopic (exact) mass is 438 g/mol. The Hall–Kier alpha value is 2.49. The third kappa shape index (κ3) is 20.5. The van der Waals surface area contributed by atoms with Gasteiger partial charge in [-0.3, -0.25) is 0 Å². The maximum atomic E-state index is 2.30. The number of allylic oxidation sites excluding steroid dienone is 2. The van der Waals surface area contributed by atoms with Crippen molar-refractivity contribution in [3.8, 4) is 0 Å². The zero-order valence-electron chi connectivity index (χ0n) is 9.81. The summed E-state index contributed by atoms with van der Waals surface area (Å²) in [4.78, 5) is 4.59. The van der Waals surface area contributed by atoms with Crippen molar-refractivity contribution in [1.29, 1.82) is 0 Å². The second-order valence-corrected chi connectivity index (χ2v) is 5.30. The van der Waals surface area contributed by atoms with Crippen LogP contribution in [0.4, 0.5) is 0 Å². The molecular formula is C10H20SnY2-2. The van der Waals surface area contributed by atoms with Crippen molar-refractivity contribution in [2.45, 2.75) is 37.6 Å². The van der Waals surface area contributed by atoms with Gasteiger partial charge in [0, 0.05) is 65.4 Å². The van der Waals surface area contributed by atoms with Gasteiger partial charge >= 0.3 is 31.0 Å². The van der Waals surface area contributed by atoms with Crippen LogP contribution in [0.3, 0.4) is 0 Å². The van der Waals surface area contributed by atoms with Crippen molar-refractivity contribution in [3.63, 3.8) is 0 Å². The fraction of sp³-hybridized carbons (Fsp3) is 0.600. The van der Waals surface area contributed by atoms with E-state index in [1.165, 1.54) is 11.1 Å². The van der Waals surface area contributed by atoms with Gasteiger partial charge in [-0.2, -0.15) is 0 Å². The van der Waals surface area contributed by atoms with Gasteiger partial charge in [-0.15, -0.1) is 27.7 Å². The van der Waals surface area contributed by atoms with Crippen LogP contribution in [0.15, 0.2) is 11.1 Å². The summed E-state index contributed by atoms with van der Waals surface area (Å²) in [6, 6.07) is 0. The van der Waals surface area contributed by atoms with Crippen molar-refractivity contribution in [1.82, 2.24) is 0 Å². The van der Waals surface area contributed by atoms with Crippen LogP contribution in [0.1, 0.15) is 27.7 Å². The smallest absolute Gasteiger partial charge is 0 e. The Morgan fingerprint density at radius 1 is 0.846 bits per heavy atom. The van der Waals surface area contributed by atoms with E-state index >= 15 is 0 Å². The van der Waals surface area contributed by atoms with Crippen LogP contribution in [-0.4, -0.2) is 21.1 Å². The van der Waals surface area contributed by atoms with Crippen LogP contribution in [-0.2, 0) is 65.4 Å². The molecule has 0 saturated carbocycles. The summed E-state index contributed by atoms with van der Waals surface area (Å²) in [6.45, 7) is 8.36. The Bertz CT molecular complexity index is 99.5. The quantitative estimate of drug-likeness (QED) is 0.459. The number of hydrogen-bond acceptors (Lipinski definition) is 0. The topological polar surface area (TPSA) is 0 Å². The summed E-state index contributed by atoms with van der Waals surface area (Å²) in [7, 11) is 0. The largest absolute Gasteiger partial charge is 0 e. The van der Waals surface area contributed by atoms with Crippen LogP contribution >= 0.6 is 0 Å². The molecule has 0 aromatic heterocycles. The minimum absolute atomic E-state index is 0. The van der Waals surface area contributed by atoms with Crippen LogP contribution in [0.2, 0.25) is 9.88 Å². The van der Waals surface area contributed by atoms with E-state index in [1.807, 2.05) is 0 Å². The third-order valence-corrected chi connectivity index (χ3v) is 1.49. The molecule has 0 spiro atoms. The average molecular weight is 437 g/mol. The molecule has 0 aliphatic carbocycles. The SMILES string of the molecule is C[CH-]/C(C)=C(/C)[CH-]C.[CH3][Sn][CH3].[Y].[Y]. The van der Waals surface area contributed by atoms with Crippen molar-refractivity contribution >= 4 is 21.1 Å². The van der Waals surface area contributed by atoms with Gasteiger partial charge in [0.05, 0.1) is 0 Å². The molecule has 13 heavy (non-hydrogen) atoms. The zero-order valence-corrected chi connectivity index (χ0v) is 18.3. The average Bonchev–Trinajstić information content (AvgIpc) is 2.03. The van der Waals surface area contributed by atoms with Crippen LogP contribution < -0.4 is 0 Å². The Morgan fingerprint density at radius 2 is 1.00 bits per heavy atom. The molecule has 0 fully saturated rings. The van der Waals surface area contributed by atoms with E-state index in [-0.39, 0.29) is 86.6 Å². The van der Waals surface area contributed by atoms with Gasteiger partial charge in [0.25, 0.3) is 0 Å². The van der Waals surface area contributed by atoms with Crippen molar-refractivity contribution in [3.05, 3.63) is 24.0 Å². The molecular weight excluding hydrogens is 417 g/mol. The molecule has 0 aromatic rings. The fourth-order valence-corrected chi connectivity index (χ4v) is 0.455. The molecule has 0 aromatic carbocycles. The molecule has 0 aliphatic rings. The molecule has 3 heteroatoms. The van der Waals surface area contributed by atoms with Crippen LogP contribution in [0.25, 0.3) is 0 Å². The van der Waals surface area contributed by atoms with Crippen LogP contribution in [0.5, 0.6) is 0 Å². The van der Waals surface area contributed by atoms with E-state index in [4.69, 9.17) is 0 Å². The van der Waals surface area contributed by atoms with Crippen molar-refractivity contribution in [2.75, 3.05) is 0 Å². The van der Waals surface area contributed by atoms with E-state index in [1.54, 1.807) is 0 Å². The zero-order chi connectivity index (χ0) is 9.28. The van der Waals surface area contributed by atoms with Gasteiger partial charge < -0.3 is 24.0 Å². The first kappa shape index (κ1) is 24.6. The molecule has 0 saturated heterocycles. The molecule has 0 nitrogen and oxygen atoms in total. The molecule has 0 heterocycles. The predicted octanol–water partition coefficient (Wildman–Crippen LogP) is 3.55. The maximum absolute atomic E-state index is 2.30. The molecule has 0 N–H and O–H groups in total. The summed E-state index contributed by atoms with van der Waals surface area (Å²) >= 11 is 0.230. The Kier molecular flexibility index (Phi) is 37.8. The molecule has 4 radical (unpaired) electrons. The van der Waals surface area contributed by atoms with Gasteiger partial charge in [-0.05, 0) is 0 Å². The molecule has 0 aliphatic heterocycles. The fourth-order valence-electron chi connectivity index (χ4n) is 0.455. The second-order valence-electron chi connectivity index (χ2n) is 2.44. The Balaban J connectivity index is -0.0000000720. The summed E-state index contributed by atoms with van der Waals surface area (Å²) in [5.74, 6) is 0. The minimum atomic E-state index is 0. The second kappa shape index (κ2) is 20.0. The normalized spacial score (nSPS) is 9.08. The first-order valence-corrected chi connectivity index (χ1v) is 9.69. The summed E-state index contributed by atoms with van der Waals surface area (Å²) in [5.41, 5.74) is 2.74. The van der Waals surface area contributed by atoms with Crippen molar-refractivity contribution in [2.24, 2.45) is 0 Å². The molecule has 0 unspecified atom stereocenters. The molecule has 72 valence electrons. The van der Waals surface area contributed by atoms with E-state index in [9.17, 15) is 0 Å². The summed E-state index contributed by atoms with van der Waals surface area (Å²) < 4.78 is 0. The first-order valence-electron chi connectivity index (χ1n) is 3.98. The van der Waals surface area contributed by atoms with Gasteiger partial charge in [0.15, 0.2) is 0 Å². The minimum Gasteiger partial charge on any atom is 0 e. The van der Waals surface area contributed by atoms with E-state index < -0.39 is 0 Å². The standard InChI is InChI=1S/C8H14.2CH3.Sn.2Y/c1-5-7(3)8(4)6-2;;;;;/h5-6H,1-4H3;2*1H3;;;/q-2;;;;;/b8-7-;;;;;. The summed E-state index contributed by atoms with van der Waals surface area (Å²) in [6.07, 6.45) is 4.24.